The van der Waals surface area contributed by atoms with E-state index < -0.39 is 6.17 Å². The minimum atomic E-state index is -0.531. The maximum absolute atomic E-state index is 10.6. The van der Waals surface area contributed by atoms with Gasteiger partial charge < -0.3 is 0 Å². The van der Waals surface area contributed by atoms with Gasteiger partial charge in [-0.15, -0.1) is 0 Å². The summed E-state index contributed by atoms with van der Waals surface area (Å²) in [5.74, 6) is 0. The van der Waals surface area contributed by atoms with Crippen LogP contribution >= 0.6 is 11.6 Å². The Bertz CT molecular complexity index is 364. The monoisotopic (exact) mass is 210 g/mol. The summed E-state index contributed by atoms with van der Waals surface area (Å²) in [5.41, 5.74) is 3.32. The fraction of sp³-hybridized carbons (Fsp3) is 0.125. The largest absolute Gasteiger partial charge is 0.299 e. The molecule has 1 atom stereocenters. The highest BCUT2D eigenvalue weighted by molar-refractivity contribution is 6.30. The molecule has 5 nitrogen and oxygen atoms in total. The highest BCUT2D eigenvalue weighted by atomic mass is 35.5. The van der Waals surface area contributed by atoms with E-state index in [9.17, 15) is 4.79 Å². The van der Waals surface area contributed by atoms with Crippen molar-refractivity contribution in [1.29, 1.82) is 0 Å². The topological polar surface area (TPSA) is 57.1 Å². The zero-order chi connectivity index (χ0) is 9.97. The standard InChI is InChI=1S/C8H7ClN4O/c9-6-1-3-7(4-2-6)13-8(5-14)10-11-12-13/h1-5,8H,(H,10,12). The second kappa shape index (κ2) is 3.63. The van der Waals surface area contributed by atoms with Crippen LogP contribution in [0.25, 0.3) is 0 Å². The second-order valence-corrected chi connectivity index (χ2v) is 3.16. The van der Waals surface area contributed by atoms with Gasteiger partial charge in [0.25, 0.3) is 0 Å². The van der Waals surface area contributed by atoms with Gasteiger partial charge in [-0.2, -0.15) is 0 Å². The lowest BCUT2D eigenvalue weighted by Crippen LogP contribution is -2.36. The summed E-state index contributed by atoms with van der Waals surface area (Å²) in [6.45, 7) is 0. The molecule has 1 aromatic carbocycles. The van der Waals surface area contributed by atoms with Crippen LogP contribution < -0.4 is 10.4 Å². The zero-order valence-corrected chi connectivity index (χ0v) is 7.85. The number of anilines is 1. The van der Waals surface area contributed by atoms with Gasteiger partial charge in [0.1, 0.15) is 0 Å². The molecule has 0 spiro atoms. The van der Waals surface area contributed by atoms with Gasteiger partial charge in [-0.1, -0.05) is 16.8 Å². The van der Waals surface area contributed by atoms with Gasteiger partial charge in [-0.25, -0.2) is 5.01 Å². The van der Waals surface area contributed by atoms with E-state index in [1.165, 1.54) is 5.01 Å². The molecule has 1 aromatic rings. The van der Waals surface area contributed by atoms with Gasteiger partial charge in [0.15, 0.2) is 12.5 Å². The molecule has 2 rings (SSSR count). The van der Waals surface area contributed by atoms with Gasteiger partial charge in [-0.3, -0.25) is 10.2 Å². The Morgan fingerprint density at radius 1 is 1.43 bits per heavy atom. The van der Waals surface area contributed by atoms with Gasteiger partial charge in [0.05, 0.1) is 5.69 Å². The van der Waals surface area contributed by atoms with E-state index in [1.807, 2.05) is 0 Å². The summed E-state index contributed by atoms with van der Waals surface area (Å²) in [4.78, 5) is 10.6. The predicted molar refractivity (Wildman–Crippen MR) is 51.8 cm³/mol. The van der Waals surface area contributed by atoms with Crippen LogP contribution in [0.2, 0.25) is 5.02 Å². The molecule has 6 heteroatoms. The third kappa shape index (κ3) is 1.54. The first-order valence-electron chi connectivity index (χ1n) is 3.97. The minimum Gasteiger partial charge on any atom is -0.299 e. The van der Waals surface area contributed by atoms with E-state index in [2.05, 4.69) is 15.9 Å². The first-order valence-corrected chi connectivity index (χ1v) is 4.35. The number of carbonyl (C=O) groups is 1. The summed E-state index contributed by atoms with van der Waals surface area (Å²) >= 11 is 5.73. The molecule has 1 heterocycles. The van der Waals surface area contributed by atoms with Gasteiger partial charge in [0, 0.05) is 5.02 Å². The second-order valence-electron chi connectivity index (χ2n) is 2.72. The van der Waals surface area contributed by atoms with Crippen LogP contribution in [-0.2, 0) is 4.79 Å². The molecule has 0 bridgehead atoms. The normalized spacial score (nSPS) is 19.5. The lowest BCUT2D eigenvalue weighted by Gasteiger charge is -2.15. The first-order chi connectivity index (χ1) is 6.81. The molecule has 14 heavy (non-hydrogen) atoms. The first kappa shape index (κ1) is 8.96. The number of halogens is 1. The van der Waals surface area contributed by atoms with Crippen LogP contribution in [0, 0.1) is 0 Å². The van der Waals surface area contributed by atoms with Crippen molar-refractivity contribution in [2.45, 2.75) is 6.17 Å². The van der Waals surface area contributed by atoms with Crippen LogP contribution in [0.15, 0.2) is 34.7 Å². The van der Waals surface area contributed by atoms with E-state index in [0.717, 1.165) is 12.0 Å². The Labute approximate surface area is 85.3 Å². The van der Waals surface area contributed by atoms with Crippen molar-refractivity contribution in [3.05, 3.63) is 29.3 Å². The maximum Gasteiger partial charge on any atom is 0.195 e. The van der Waals surface area contributed by atoms with Gasteiger partial charge in [-0.05, 0) is 29.5 Å². The Balaban J connectivity index is 2.26. The van der Waals surface area contributed by atoms with Crippen LogP contribution in [0.4, 0.5) is 5.69 Å². The molecule has 1 aliphatic rings. The molecule has 0 saturated carbocycles. The molecule has 0 aromatic heterocycles. The summed E-state index contributed by atoms with van der Waals surface area (Å²) < 4.78 is 0. The van der Waals surface area contributed by atoms with Crippen molar-refractivity contribution in [3.8, 4) is 0 Å². The van der Waals surface area contributed by atoms with Crippen molar-refractivity contribution < 1.29 is 4.79 Å². The van der Waals surface area contributed by atoms with Gasteiger partial charge in [0.2, 0.25) is 0 Å². The SMILES string of the molecule is O=CC1NN=NN1c1ccc(Cl)cc1. The molecule has 0 fully saturated rings. The minimum absolute atomic E-state index is 0.531. The third-order valence-electron chi connectivity index (χ3n) is 1.81. The number of nitrogens with one attached hydrogen (secondary N) is 1. The number of benzene rings is 1. The molecule has 0 amide bonds. The number of rotatable bonds is 2. The number of hydrogen-bond donors (Lipinski definition) is 1. The molecule has 1 aliphatic heterocycles. The van der Waals surface area contributed by atoms with Crippen molar-refractivity contribution >= 4 is 23.6 Å². The highest BCUT2D eigenvalue weighted by Crippen LogP contribution is 2.21. The molecular weight excluding hydrogens is 204 g/mol. The average molecular weight is 211 g/mol. The van der Waals surface area contributed by atoms with Gasteiger partial charge >= 0.3 is 0 Å². The van der Waals surface area contributed by atoms with Crippen LogP contribution in [-0.4, -0.2) is 12.5 Å². The number of nitrogens with zero attached hydrogens (tertiary/aromatic N) is 3. The fourth-order valence-electron chi connectivity index (χ4n) is 1.14. The summed E-state index contributed by atoms with van der Waals surface area (Å²) in [6.07, 6.45) is 0.199. The Morgan fingerprint density at radius 2 is 2.14 bits per heavy atom. The molecule has 1 N–H and O–H groups in total. The Kier molecular flexibility index (Phi) is 2.32. The average Bonchev–Trinajstić information content (AvgIpc) is 2.67. The quantitative estimate of drug-likeness (QED) is 0.754. The van der Waals surface area contributed by atoms with Crippen molar-refractivity contribution in [2.24, 2.45) is 10.4 Å². The lowest BCUT2D eigenvalue weighted by atomic mass is 10.3. The molecule has 0 saturated heterocycles. The molecule has 72 valence electrons. The Hall–Kier alpha value is -1.62. The predicted octanol–water partition coefficient (Wildman–Crippen LogP) is 1.56. The van der Waals surface area contributed by atoms with Crippen LogP contribution in [0.5, 0.6) is 0 Å². The number of aldehydes is 1. The van der Waals surface area contributed by atoms with Crippen molar-refractivity contribution in [1.82, 2.24) is 5.43 Å². The van der Waals surface area contributed by atoms with E-state index in [4.69, 9.17) is 11.6 Å². The Morgan fingerprint density at radius 3 is 2.79 bits per heavy atom. The molecule has 1 unspecified atom stereocenters. The van der Waals surface area contributed by atoms with Crippen molar-refractivity contribution in [3.63, 3.8) is 0 Å². The van der Waals surface area contributed by atoms with E-state index in [1.54, 1.807) is 24.3 Å². The van der Waals surface area contributed by atoms with E-state index in [-0.39, 0.29) is 0 Å². The smallest absolute Gasteiger partial charge is 0.195 e. The fourth-order valence-corrected chi connectivity index (χ4v) is 1.26. The van der Waals surface area contributed by atoms with E-state index in [0.29, 0.717) is 5.02 Å². The number of hydrogen-bond acceptors (Lipinski definition) is 5. The molecule has 0 radical (unpaired) electrons. The van der Waals surface area contributed by atoms with Crippen LogP contribution in [0.3, 0.4) is 0 Å². The summed E-state index contributed by atoms with van der Waals surface area (Å²) in [6, 6.07) is 6.99. The summed E-state index contributed by atoms with van der Waals surface area (Å²) in [5, 5.41) is 9.43. The summed E-state index contributed by atoms with van der Waals surface area (Å²) in [7, 11) is 0. The maximum atomic E-state index is 10.6. The molecular formula is C8H7ClN4O. The van der Waals surface area contributed by atoms with E-state index >= 15 is 0 Å². The zero-order valence-electron chi connectivity index (χ0n) is 7.09. The lowest BCUT2D eigenvalue weighted by molar-refractivity contribution is -0.109. The number of carbonyl (C=O) groups excluding carboxylic acids is 1. The van der Waals surface area contributed by atoms with Crippen molar-refractivity contribution in [2.75, 3.05) is 5.01 Å². The van der Waals surface area contributed by atoms with Crippen LogP contribution in [0.1, 0.15) is 0 Å². The highest BCUT2D eigenvalue weighted by Gasteiger charge is 2.21. The third-order valence-corrected chi connectivity index (χ3v) is 2.07. The molecule has 0 aliphatic carbocycles.